The van der Waals surface area contributed by atoms with E-state index in [0.717, 1.165) is 16.9 Å². The molecule has 2 aliphatic rings. The van der Waals surface area contributed by atoms with Crippen LogP contribution in [0.4, 0.5) is 5.69 Å². The first-order valence-electron chi connectivity index (χ1n) is 10.2. The molecule has 1 saturated heterocycles. The zero-order valence-electron chi connectivity index (χ0n) is 17.4. The van der Waals surface area contributed by atoms with Crippen molar-refractivity contribution < 1.29 is 19.4 Å². The maximum absolute atomic E-state index is 13.4. The summed E-state index contributed by atoms with van der Waals surface area (Å²) in [6, 6.07) is 22.0. The minimum absolute atomic E-state index is 0.146. The number of ether oxygens (including phenoxy) is 1. The molecule has 2 atom stereocenters. The van der Waals surface area contributed by atoms with Crippen LogP contribution in [0.15, 0.2) is 72.8 Å². The van der Waals surface area contributed by atoms with Crippen molar-refractivity contribution in [3.8, 4) is 5.75 Å². The summed E-state index contributed by atoms with van der Waals surface area (Å²) in [5, 5.41) is 11.5. The maximum atomic E-state index is 13.4. The zero-order chi connectivity index (χ0) is 22.5. The number of aliphatic hydroxyl groups excluding tert-OH is 1. The Hall–Kier alpha value is -3.35. The average molecular weight is 449 g/mol. The predicted molar refractivity (Wildman–Crippen MR) is 121 cm³/mol. The van der Waals surface area contributed by atoms with E-state index in [1.807, 2.05) is 54.6 Å². The van der Waals surface area contributed by atoms with E-state index in [2.05, 4.69) is 0 Å². The van der Waals surface area contributed by atoms with E-state index in [1.54, 1.807) is 30.2 Å². The van der Waals surface area contributed by atoms with E-state index < -0.39 is 17.6 Å². The smallest absolute Gasteiger partial charge is 0.256 e. The first-order chi connectivity index (χ1) is 15.5. The lowest BCUT2D eigenvalue weighted by Crippen LogP contribution is -2.72. The number of fused-ring (bicyclic) bond motifs is 3. The Morgan fingerprint density at radius 3 is 2.47 bits per heavy atom. The highest BCUT2D eigenvalue weighted by molar-refractivity contribution is 6.30. The molecule has 6 nitrogen and oxygen atoms in total. The van der Waals surface area contributed by atoms with Crippen molar-refractivity contribution in [2.75, 3.05) is 18.6 Å². The number of hydrogen-bond donors (Lipinski definition) is 1. The molecular weight excluding hydrogens is 428 g/mol. The van der Waals surface area contributed by atoms with Gasteiger partial charge in [0.15, 0.2) is 6.10 Å². The fourth-order valence-corrected chi connectivity index (χ4v) is 4.90. The second-order valence-electron chi connectivity index (χ2n) is 7.95. The lowest BCUT2D eigenvalue weighted by atomic mass is 9.69. The van der Waals surface area contributed by atoms with Crippen molar-refractivity contribution in [2.45, 2.75) is 18.2 Å². The number of hydrogen-bond acceptors (Lipinski definition) is 4. The summed E-state index contributed by atoms with van der Waals surface area (Å²) in [7, 11) is 1.60. The highest BCUT2D eigenvalue weighted by Crippen LogP contribution is 2.52. The van der Waals surface area contributed by atoms with Crippen molar-refractivity contribution >= 4 is 29.1 Å². The summed E-state index contributed by atoms with van der Waals surface area (Å²) >= 11 is 6.38. The summed E-state index contributed by atoms with van der Waals surface area (Å²) < 4.78 is 5.22. The second-order valence-corrected chi connectivity index (χ2v) is 8.39. The summed E-state index contributed by atoms with van der Waals surface area (Å²) in [5.41, 5.74) is 1.71. The van der Waals surface area contributed by atoms with E-state index in [4.69, 9.17) is 16.3 Å². The number of carbonyl (C=O) groups excluding carboxylic acids is 2. The van der Waals surface area contributed by atoms with Crippen LogP contribution < -0.4 is 9.64 Å². The van der Waals surface area contributed by atoms with Gasteiger partial charge < -0.3 is 19.6 Å². The molecule has 0 bridgehead atoms. The molecule has 3 aromatic carbocycles. The first-order valence-corrected chi connectivity index (χ1v) is 10.6. The Balaban J connectivity index is 1.68. The van der Waals surface area contributed by atoms with E-state index in [-0.39, 0.29) is 12.5 Å². The van der Waals surface area contributed by atoms with Gasteiger partial charge in [-0.2, -0.15) is 0 Å². The number of methoxy groups -OCH3 is 1. The van der Waals surface area contributed by atoms with Gasteiger partial charge in [0.2, 0.25) is 5.91 Å². The van der Waals surface area contributed by atoms with Gasteiger partial charge in [0, 0.05) is 10.6 Å². The molecule has 0 aliphatic carbocycles. The molecule has 0 spiro atoms. The Morgan fingerprint density at radius 1 is 1.06 bits per heavy atom. The Labute approximate surface area is 190 Å². The highest BCUT2D eigenvalue weighted by atomic mass is 35.5. The van der Waals surface area contributed by atoms with Crippen LogP contribution in [-0.2, 0) is 21.7 Å². The number of benzene rings is 3. The van der Waals surface area contributed by atoms with Crippen LogP contribution in [0.3, 0.4) is 0 Å². The number of β-lactam (4-membered cyclic amide) rings is 1. The number of amides is 2. The summed E-state index contributed by atoms with van der Waals surface area (Å²) in [5.74, 6) is 0.0194. The molecule has 162 valence electrons. The molecule has 5 rings (SSSR count). The van der Waals surface area contributed by atoms with Crippen molar-refractivity contribution in [1.29, 1.82) is 0 Å². The summed E-state index contributed by atoms with van der Waals surface area (Å²) in [6.07, 6.45) is -1.31. The first kappa shape index (κ1) is 20.5. The van der Waals surface area contributed by atoms with Crippen LogP contribution in [0.2, 0.25) is 5.02 Å². The molecule has 0 radical (unpaired) electrons. The highest BCUT2D eigenvalue weighted by Gasteiger charge is 2.64. The van der Waals surface area contributed by atoms with Crippen LogP contribution in [-0.4, -0.2) is 41.6 Å². The average Bonchev–Trinajstić information content (AvgIpc) is 2.91. The molecule has 32 heavy (non-hydrogen) atoms. The molecule has 7 heteroatoms. The van der Waals surface area contributed by atoms with Crippen LogP contribution in [0.5, 0.6) is 5.75 Å². The standard InChI is InChI=1S/C25H21ClN2O4/c1-32-19-10-7-16(8-11-19)14-27-21-12-9-18(26)13-20(21)25(17-5-3-2-4-6-17)23(30)24(31)28(25)15-22(27)29/h2-13,23,30H,14-15H2,1H3/t23-,25-/m1/s1. The number of nitrogens with zero attached hydrogens (tertiary/aromatic N) is 2. The number of anilines is 1. The molecule has 1 N–H and O–H groups in total. The molecule has 2 amide bonds. The Kier molecular flexibility index (Phi) is 4.92. The van der Waals surface area contributed by atoms with Crippen molar-refractivity contribution in [3.05, 3.63) is 94.5 Å². The van der Waals surface area contributed by atoms with E-state index in [9.17, 15) is 14.7 Å². The Morgan fingerprint density at radius 2 is 1.78 bits per heavy atom. The largest absolute Gasteiger partial charge is 0.497 e. The van der Waals surface area contributed by atoms with Gasteiger partial charge in [-0.15, -0.1) is 0 Å². The number of aliphatic hydroxyl groups is 1. The van der Waals surface area contributed by atoms with Gasteiger partial charge in [-0.3, -0.25) is 9.59 Å². The fraction of sp³-hybridized carbons (Fsp3) is 0.200. The predicted octanol–water partition coefficient (Wildman–Crippen LogP) is 3.34. The normalized spacial score (nSPS) is 22.0. The maximum Gasteiger partial charge on any atom is 0.256 e. The van der Waals surface area contributed by atoms with Gasteiger partial charge in [-0.25, -0.2) is 0 Å². The van der Waals surface area contributed by atoms with E-state index >= 15 is 0 Å². The van der Waals surface area contributed by atoms with Gasteiger partial charge >= 0.3 is 0 Å². The second kappa shape index (κ2) is 7.65. The third-order valence-corrected chi connectivity index (χ3v) is 6.52. The molecule has 0 aromatic heterocycles. The lowest BCUT2D eigenvalue weighted by molar-refractivity contribution is -0.181. The molecule has 0 saturated carbocycles. The van der Waals surface area contributed by atoms with Crippen LogP contribution in [0, 0.1) is 0 Å². The van der Waals surface area contributed by atoms with Crippen LogP contribution in [0.1, 0.15) is 16.7 Å². The van der Waals surface area contributed by atoms with Gasteiger partial charge in [-0.05, 0) is 41.5 Å². The van der Waals surface area contributed by atoms with Crippen molar-refractivity contribution in [2.24, 2.45) is 0 Å². The third-order valence-electron chi connectivity index (χ3n) is 6.29. The summed E-state index contributed by atoms with van der Waals surface area (Å²) in [6.45, 7) is 0.160. The zero-order valence-corrected chi connectivity index (χ0v) is 18.1. The minimum atomic E-state index is -1.31. The SMILES string of the molecule is COc1ccc(CN2C(=O)CN3C(=O)[C@@H](O)[C@@]3(c3ccccc3)c3cc(Cl)ccc32)cc1. The van der Waals surface area contributed by atoms with Crippen LogP contribution >= 0.6 is 11.6 Å². The molecule has 2 aliphatic heterocycles. The quantitative estimate of drug-likeness (QED) is 0.621. The minimum Gasteiger partial charge on any atom is -0.497 e. The molecule has 0 unspecified atom stereocenters. The van der Waals surface area contributed by atoms with Crippen molar-refractivity contribution in [3.63, 3.8) is 0 Å². The third kappa shape index (κ3) is 2.91. The Bertz CT molecular complexity index is 1200. The van der Waals surface area contributed by atoms with Gasteiger partial charge in [-0.1, -0.05) is 54.1 Å². The monoisotopic (exact) mass is 448 g/mol. The van der Waals surface area contributed by atoms with Gasteiger partial charge in [0.05, 0.1) is 19.3 Å². The van der Waals surface area contributed by atoms with Crippen LogP contribution in [0.25, 0.3) is 0 Å². The van der Waals surface area contributed by atoms with E-state index in [0.29, 0.717) is 22.8 Å². The number of halogens is 1. The lowest BCUT2D eigenvalue weighted by Gasteiger charge is -2.55. The summed E-state index contributed by atoms with van der Waals surface area (Å²) in [4.78, 5) is 29.3. The van der Waals surface area contributed by atoms with Gasteiger partial charge in [0.1, 0.15) is 17.8 Å². The van der Waals surface area contributed by atoms with Crippen molar-refractivity contribution in [1.82, 2.24) is 4.90 Å². The fourth-order valence-electron chi connectivity index (χ4n) is 4.73. The molecule has 2 heterocycles. The molecule has 1 fully saturated rings. The number of rotatable bonds is 4. The molecular formula is C25H21ClN2O4. The topological polar surface area (TPSA) is 70.1 Å². The number of carbonyl (C=O) groups is 2. The van der Waals surface area contributed by atoms with Gasteiger partial charge in [0.25, 0.3) is 5.91 Å². The van der Waals surface area contributed by atoms with E-state index in [1.165, 1.54) is 4.90 Å². The molecule has 3 aromatic rings.